The van der Waals surface area contributed by atoms with Crippen LogP contribution in [0.4, 0.5) is 5.69 Å². The number of hydrogen-bond acceptors (Lipinski definition) is 5. The first-order valence-electron chi connectivity index (χ1n) is 13.7. The van der Waals surface area contributed by atoms with E-state index in [4.69, 9.17) is 9.47 Å². The van der Waals surface area contributed by atoms with Crippen molar-refractivity contribution in [1.29, 1.82) is 0 Å². The van der Waals surface area contributed by atoms with Crippen LogP contribution in [0, 0.1) is 5.92 Å². The largest absolute Gasteiger partial charge is 0.487 e. The summed E-state index contributed by atoms with van der Waals surface area (Å²) in [4.78, 5) is 16.1. The number of fused-ring (bicyclic) bond motifs is 1. The molecule has 2 atom stereocenters. The minimum Gasteiger partial charge on any atom is -0.487 e. The number of carbonyl (C=O) groups excluding carboxylic acids is 1. The third kappa shape index (κ3) is 6.49. The summed E-state index contributed by atoms with van der Waals surface area (Å²) >= 11 is 0. The normalized spacial score (nSPS) is 20.1. The molecule has 1 saturated carbocycles. The van der Waals surface area contributed by atoms with Gasteiger partial charge in [-0.15, -0.1) is 0 Å². The van der Waals surface area contributed by atoms with Crippen LogP contribution in [0.2, 0.25) is 0 Å². The summed E-state index contributed by atoms with van der Waals surface area (Å²) in [6, 6.07) is 14.2. The Bertz CT molecular complexity index is 1030. The fourth-order valence-electron chi connectivity index (χ4n) is 5.23. The molecule has 2 aliphatic carbocycles. The molecule has 0 saturated heterocycles. The molecule has 5 nitrogen and oxygen atoms in total. The standard InChI is InChI=1S/C31H44N2O3/c1-7-24-17-26(33(6)18-22-13-14-22)30(34)25-15-16-27(35-19-23-11-9-8-10-12-23)29(28(24)25)32-31(4,5)20-36-21(2)3/h8-12,15-16,21-22,24,26,32H,7,13-14,17-20H2,1-6H3. The molecule has 36 heavy (non-hydrogen) atoms. The molecular formula is C31H44N2O3. The molecule has 5 heteroatoms. The van der Waals surface area contributed by atoms with Crippen molar-refractivity contribution >= 4 is 11.5 Å². The first-order valence-corrected chi connectivity index (χ1v) is 13.7. The molecule has 0 aliphatic heterocycles. The maximum atomic E-state index is 13.8. The molecule has 2 aliphatic rings. The number of benzene rings is 2. The highest BCUT2D eigenvalue weighted by molar-refractivity contribution is 6.04. The Morgan fingerprint density at radius 3 is 2.47 bits per heavy atom. The van der Waals surface area contributed by atoms with E-state index < -0.39 is 0 Å². The van der Waals surface area contributed by atoms with Crippen molar-refractivity contribution in [2.24, 2.45) is 5.92 Å². The molecule has 0 radical (unpaired) electrons. The van der Waals surface area contributed by atoms with Crippen LogP contribution >= 0.6 is 0 Å². The monoisotopic (exact) mass is 492 g/mol. The van der Waals surface area contributed by atoms with Crippen molar-refractivity contribution < 1.29 is 14.3 Å². The molecule has 0 bridgehead atoms. The highest BCUT2D eigenvalue weighted by Gasteiger charge is 2.39. The van der Waals surface area contributed by atoms with E-state index in [1.165, 1.54) is 12.8 Å². The summed E-state index contributed by atoms with van der Waals surface area (Å²) in [7, 11) is 2.13. The summed E-state index contributed by atoms with van der Waals surface area (Å²) < 4.78 is 12.4. The van der Waals surface area contributed by atoms with Gasteiger partial charge in [-0.05, 0) is 95.5 Å². The van der Waals surface area contributed by atoms with E-state index in [1.807, 2.05) is 30.3 Å². The number of nitrogens with zero attached hydrogens (tertiary/aromatic N) is 1. The average Bonchev–Trinajstić information content (AvgIpc) is 3.67. The molecule has 1 N–H and O–H groups in total. The Kier molecular flexibility index (Phi) is 8.41. The Labute approximate surface area is 217 Å². The minimum atomic E-state index is -0.328. The lowest BCUT2D eigenvalue weighted by Gasteiger charge is -2.38. The lowest BCUT2D eigenvalue weighted by molar-refractivity contribution is 0.0546. The molecule has 0 amide bonds. The highest BCUT2D eigenvalue weighted by atomic mass is 16.5. The first kappa shape index (κ1) is 26.7. The molecule has 2 aromatic rings. The van der Waals surface area contributed by atoms with Crippen molar-refractivity contribution in [3.8, 4) is 5.75 Å². The van der Waals surface area contributed by atoms with E-state index in [-0.39, 0.29) is 29.4 Å². The van der Waals surface area contributed by atoms with Crippen molar-refractivity contribution in [1.82, 2.24) is 4.90 Å². The van der Waals surface area contributed by atoms with Gasteiger partial charge >= 0.3 is 0 Å². The predicted octanol–water partition coefficient (Wildman–Crippen LogP) is 6.67. The second kappa shape index (κ2) is 11.4. The SMILES string of the molecule is CCC1CC(N(C)CC2CC2)C(=O)c2ccc(OCc3ccccc3)c(NC(C)(C)COC(C)C)c21. The van der Waals surface area contributed by atoms with Crippen LogP contribution < -0.4 is 10.1 Å². The number of anilines is 1. The quantitative estimate of drug-likeness (QED) is 0.358. The average molecular weight is 493 g/mol. The predicted molar refractivity (Wildman–Crippen MR) is 147 cm³/mol. The maximum Gasteiger partial charge on any atom is 0.180 e. The number of likely N-dealkylation sites (N-methyl/N-ethyl adjacent to an activating group) is 1. The zero-order chi connectivity index (χ0) is 25.9. The van der Waals surface area contributed by atoms with Gasteiger partial charge in [0.1, 0.15) is 12.4 Å². The first-order chi connectivity index (χ1) is 17.2. The van der Waals surface area contributed by atoms with Crippen LogP contribution in [0.1, 0.15) is 87.7 Å². The van der Waals surface area contributed by atoms with Gasteiger partial charge in [0.15, 0.2) is 5.78 Å². The minimum absolute atomic E-state index is 0.0516. The molecule has 1 fully saturated rings. The van der Waals surface area contributed by atoms with Crippen LogP contribution in [0.25, 0.3) is 0 Å². The summed E-state index contributed by atoms with van der Waals surface area (Å²) in [6.45, 7) is 12.7. The third-order valence-electron chi connectivity index (χ3n) is 7.44. The number of Topliss-reactive ketones (excluding diaryl/α,β-unsaturated/α-hetero) is 1. The fourth-order valence-corrected chi connectivity index (χ4v) is 5.23. The van der Waals surface area contributed by atoms with Gasteiger partial charge in [0.2, 0.25) is 0 Å². The summed E-state index contributed by atoms with van der Waals surface area (Å²) in [5, 5.41) is 3.76. The van der Waals surface area contributed by atoms with Crippen molar-refractivity contribution in [2.45, 2.75) is 90.5 Å². The summed E-state index contributed by atoms with van der Waals surface area (Å²) in [6.07, 6.45) is 4.57. The molecule has 0 spiro atoms. The number of hydrogen-bond donors (Lipinski definition) is 1. The number of carbonyl (C=O) groups is 1. The van der Waals surface area contributed by atoms with Crippen molar-refractivity contribution in [2.75, 3.05) is 25.5 Å². The molecule has 0 aromatic heterocycles. The van der Waals surface area contributed by atoms with Gasteiger partial charge in [-0.2, -0.15) is 0 Å². The second-order valence-corrected chi connectivity index (χ2v) is 11.6. The van der Waals surface area contributed by atoms with Crippen LogP contribution in [-0.2, 0) is 11.3 Å². The van der Waals surface area contributed by atoms with Crippen LogP contribution in [0.3, 0.4) is 0 Å². The van der Waals surface area contributed by atoms with E-state index in [2.05, 4.69) is 64.0 Å². The zero-order valence-corrected chi connectivity index (χ0v) is 23.0. The van der Waals surface area contributed by atoms with Gasteiger partial charge in [0, 0.05) is 12.1 Å². The van der Waals surface area contributed by atoms with Crippen molar-refractivity contribution in [3.05, 3.63) is 59.2 Å². The maximum absolute atomic E-state index is 13.8. The van der Waals surface area contributed by atoms with E-state index >= 15 is 0 Å². The number of nitrogens with one attached hydrogen (secondary N) is 1. The Morgan fingerprint density at radius 1 is 1.11 bits per heavy atom. The van der Waals surface area contributed by atoms with Gasteiger partial charge in [0.25, 0.3) is 0 Å². The fraction of sp³-hybridized carbons (Fsp3) is 0.581. The van der Waals surface area contributed by atoms with Crippen LogP contribution in [0.5, 0.6) is 5.75 Å². The molecular weight excluding hydrogens is 448 g/mol. The molecule has 2 aromatic carbocycles. The van der Waals surface area contributed by atoms with Crippen LogP contribution in [-0.4, -0.2) is 48.6 Å². The Hall–Kier alpha value is -2.37. The number of ether oxygens (including phenoxy) is 2. The number of ketones is 1. The number of rotatable bonds is 12. The topological polar surface area (TPSA) is 50.8 Å². The Balaban J connectivity index is 1.69. The smallest absolute Gasteiger partial charge is 0.180 e. The van der Waals surface area contributed by atoms with E-state index in [0.717, 1.165) is 53.4 Å². The van der Waals surface area contributed by atoms with E-state index in [9.17, 15) is 4.79 Å². The summed E-state index contributed by atoms with van der Waals surface area (Å²) in [5.41, 5.74) is 3.70. The van der Waals surface area contributed by atoms with Crippen LogP contribution in [0.15, 0.2) is 42.5 Å². The molecule has 0 heterocycles. The van der Waals surface area contributed by atoms with Crippen molar-refractivity contribution in [3.63, 3.8) is 0 Å². The van der Waals surface area contributed by atoms with Gasteiger partial charge in [-0.25, -0.2) is 0 Å². The van der Waals surface area contributed by atoms with Gasteiger partial charge in [-0.3, -0.25) is 9.69 Å². The molecule has 196 valence electrons. The zero-order valence-electron chi connectivity index (χ0n) is 23.0. The lowest BCUT2D eigenvalue weighted by Crippen LogP contribution is -2.44. The molecule has 4 rings (SSSR count). The van der Waals surface area contributed by atoms with Gasteiger partial charge in [0.05, 0.1) is 30.0 Å². The Morgan fingerprint density at radius 2 is 1.83 bits per heavy atom. The van der Waals surface area contributed by atoms with E-state index in [0.29, 0.717) is 13.2 Å². The second-order valence-electron chi connectivity index (χ2n) is 11.6. The third-order valence-corrected chi connectivity index (χ3v) is 7.44. The molecule has 2 unspecified atom stereocenters. The van der Waals surface area contributed by atoms with Gasteiger partial charge < -0.3 is 14.8 Å². The lowest BCUT2D eigenvalue weighted by atomic mass is 9.76. The highest BCUT2D eigenvalue weighted by Crippen LogP contribution is 2.45. The van der Waals surface area contributed by atoms with E-state index in [1.54, 1.807) is 0 Å². The summed E-state index contributed by atoms with van der Waals surface area (Å²) in [5.74, 6) is 2.09. The van der Waals surface area contributed by atoms with Gasteiger partial charge in [-0.1, -0.05) is 37.3 Å².